The number of carboxylic acid groups (broad SMARTS) is 1. The predicted molar refractivity (Wildman–Crippen MR) is 74.0 cm³/mol. The van der Waals surface area contributed by atoms with Gasteiger partial charge in [-0.15, -0.1) is 0 Å². The summed E-state index contributed by atoms with van der Waals surface area (Å²) < 4.78 is 0. The maximum atomic E-state index is 12.0. The summed E-state index contributed by atoms with van der Waals surface area (Å²) in [7, 11) is 0. The van der Waals surface area contributed by atoms with Crippen molar-refractivity contribution in [3.05, 3.63) is 30.1 Å². The first-order valence-electron chi connectivity index (χ1n) is 6.85. The van der Waals surface area contributed by atoms with Crippen molar-refractivity contribution in [2.75, 3.05) is 6.54 Å². The lowest BCUT2D eigenvalue weighted by molar-refractivity contribution is -0.140. The number of amides is 1. The van der Waals surface area contributed by atoms with Crippen LogP contribution >= 0.6 is 0 Å². The molecule has 5 heteroatoms. The molecule has 2 atom stereocenters. The van der Waals surface area contributed by atoms with Crippen LogP contribution < -0.4 is 5.32 Å². The fraction of sp³-hybridized carbons (Fsp3) is 0.533. The number of nitrogens with zero attached hydrogens (tertiary/aromatic N) is 1. The molecule has 5 nitrogen and oxygen atoms in total. The summed E-state index contributed by atoms with van der Waals surface area (Å²) in [4.78, 5) is 27.2. The average molecular weight is 276 g/mol. The van der Waals surface area contributed by atoms with Gasteiger partial charge in [-0.1, -0.05) is 19.9 Å². The molecule has 0 spiro atoms. The SMILES string of the molecule is CC1(C)[C@H](C(=O)O)[C@@H]1C(=O)NCCCc1ccccn1. The van der Waals surface area contributed by atoms with Crippen LogP contribution in [0.3, 0.4) is 0 Å². The number of aliphatic carboxylic acids is 1. The zero-order valence-corrected chi connectivity index (χ0v) is 11.8. The van der Waals surface area contributed by atoms with E-state index in [9.17, 15) is 9.59 Å². The highest BCUT2D eigenvalue weighted by molar-refractivity contribution is 5.91. The number of aromatic nitrogens is 1. The minimum Gasteiger partial charge on any atom is -0.481 e. The Bertz CT molecular complexity index is 499. The second kappa shape index (κ2) is 5.61. The molecule has 20 heavy (non-hydrogen) atoms. The standard InChI is InChI=1S/C15H20N2O3/c1-15(2)11(12(15)14(19)20)13(18)17-9-5-7-10-6-3-4-8-16-10/h3-4,6,8,11-12H,5,7,9H2,1-2H3,(H,17,18)(H,19,20)/t11-,12+/m1/s1. The number of hydrogen-bond acceptors (Lipinski definition) is 3. The molecule has 1 aromatic heterocycles. The Kier molecular flexibility index (Phi) is 4.06. The van der Waals surface area contributed by atoms with Crippen molar-refractivity contribution >= 4 is 11.9 Å². The summed E-state index contributed by atoms with van der Waals surface area (Å²) in [5.41, 5.74) is 0.564. The van der Waals surface area contributed by atoms with Crippen LogP contribution in [0.1, 0.15) is 26.0 Å². The van der Waals surface area contributed by atoms with Crippen molar-refractivity contribution in [3.8, 4) is 0 Å². The van der Waals surface area contributed by atoms with Gasteiger partial charge in [0.25, 0.3) is 0 Å². The Labute approximate surface area is 118 Å². The second-order valence-corrected chi connectivity index (χ2v) is 5.83. The third kappa shape index (κ3) is 2.98. The molecular formula is C15H20N2O3. The fourth-order valence-corrected chi connectivity index (χ4v) is 2.73. The van der Waals surface area contributed by atoms with Crippen LogP contribution in [0.15, 0.2) is 24.4 Å². The molecule has 1 aromatic rings. The van der Waals surface area contributed by atoms with Crippen LogP contribution in [0.2, 0.25) is 0 Å². The largest absolute Gasteiger partial charge is 0.481 e. The number of carbonyl (C=O) groups is 2. The lowest BCUT2D eigenvalue weighted by atomic mass is 10.1. The molecule has 0 saturated heterocycles. The third-order valence-electron chi connectivity index (χ3n) is 4.01. The first-order valence-corrected chi connectivity index (χ1v) is 6.85. The highest BCUT2D eigenvalue weighted by Gasteiger charge is 2.65. The number of pyridine rings is 1. The van der Waals surface area contributed by atoms with Gasteiger partial charge in [0, 0.05) is 18.4 Å². The Morgan fingerprint density at radius 1 is 1.35 bits per heavy atom. The summed E-state index contributed by atoms with van der Waals surface area (Å²) in [5, 5.41) is 11.9. The Morgan fingerprint density at radius 2 is 2.10 bits per heavy atom. The normalized spacial score (nSPS) is 23.1. The van der Waals surface area contributed by atoms with E-state index in [4.69, 9.17) is 5.11 Å². The van der Waals surface area contributed by atoms with Crippen LogP contribution in [-0.4, -0.2) is 28.5 Å². The van der Waals surface area contributed by atoms with Crippen molar-refractivity contribution in [1.29, 1.82) is 0 Å². The van der Waals surface area contributed by atoms with E-state index in [1.54, 1.807) is 6.20 Å². The van der Waals surface area contributed by atoms with E-state index in [0.29, 0.717) is 6.54 Å². The van der Waals surface area contributed by atoms with E-state index in [1.807, 2.05) is 32.0 Å². The summed E-state index contributed by atoms with van der Waals surface area (Å²) >= 11 is 0. The van der Waals surface area contributed by atoms with E-state index in [2.05, 4.69) is 10.3 Å². The smallest absolute Gasteiger partial charge is 0.307 e. The van der Waals surface area contributed by atoms with Gasteiger partial charge in [-0.3, -0.25) is 14.6 Å². The molecule has 1 heterocycles. The number of hydrogen-bond donors (Lipinski definition) is 2. The second-order valence-electron chi connectivity index (χ2n) is 5.83. The van der Waals surface area contributed by atoms with Crippen LogP contribution in [0, 0.1) is 17.3 Å². The molecular weight excluding hydrogens is 256 g/mol. The van der Waals surface area contributed by atoms with E-state index < -0.39 is 23.2 Å². The quantitative estimate of drug-likeness (QED) is 0.771. The number of rotatable bonds is 6. The summed E-state index contributed by atoms with van der Waals surface area (Å²) in [6.45, 7) is 4.20. The topological polar surface area (TPSA) is 79.3 Å². The molecule has 0 aliphatic heterocycles. The van der Waals surface area contributed by atoms with Gasteiger partial charge in [0.05, 0.1) is 11.8 Å². The van der Waals surface area contributed by atoms with Crippen LogP contribution in [0.5, 0.6) is 0 Å². The molecule has 2 rings (SSSR count). The van der Waals surface area contributed by atoms with Crippen LogP contribution in [0.25, 0.3) is 0 Å². The van der Waals surface area contributed by atoms with Gasteiger partial charge < -0.3 is 10.4 Å². The van der Waals surface area contributed by atoms with Crippen molar-refractivity contribution in [3.63, 3.8) is 0 Å². The molecule has 2 N–H and O–H groups in total. The third-order valence-corrected chi connectivity index (χ3v) is 4.01. The first kappa shape index (κ1) is 14.5. The van der Waals surface area contributed by atoms with Gasteiger partial charge in [-0.25, -0.2) is 0 Å². The predicted octanol–water partition coefficient (Wildman–Crippen LogP) is 1.49. The monoisotopic (exact) mass is 276 g/mol. The number of carbonyl (C=O) groups excluding carboxylic acids is 1. The highest BCUT2D eigenvalue weighted by Crippen LogP contribution is 2.58. The minimum absolute atomic E-state index is 0.150. The van der Waals surface area contributed by atoms with Crippen LogP contribution in [0.4, 0.5) is 0 Å². The number of aryl methyl sites for hydroxylation is 1. The van der Waals surface area contributed by atoms with Gasteiger partial charge in [0.2, 0.25) is 5.91 Å². The van der Waals surface area contributed by atoms with Crippen molar-refractivity contribution in [2.24, 2.45) is 17.3 Å². The van der Waals surface area contributed by atoms with E-state index in [1.165, 1.54) is 0 Å². The molecule has 108 valence electrons. The Balaban J connectivity index is 1.73. The summed E-state index contributed by atoms with van der Waals surface area (Å²) in [5.74, 6) is -2.00. The lowest BCUT2D eigenvalue weighted by Gasteiger charge is -2.05. The zero-order valence-electron chi connectivity index (χ0n) is 11.8. The van der Waals surface area contributed by atoms with Crippen molar-refractivity contribution < 1.29 is 14.7 Å². The molecule has 1 aliphatic carbocycles. The number of nitrogens with one attached hydrogen (secondary N) is 1. The van der Waals surface area contributed by atoms with Crippen LogP contribution in [-0.2, 0) is 16.0 Å². The zero-order chi connectivity index (χ0) is 14.8. The van der Waals surface area contributed by atoms with Gasteiger partial charge >= 0.3 is 5.97 Å². The maximum absolute atomic E-state index is 12.0. The van der Waals surface area contributed by atoms with E-state index in [-0.39, 0.29) is 5.91 Å². The molecule has 1 aliphatic rings. The fourth-order valence-electron chi connectivity index (χ4n) is 2.73. The maximum Gasteiger partial charge on any atom is 0.307 e. The van der Waals surface area contributed by atoms with Crippen molar-refractivity contribution in [2.45, 2.75) is 26.7 Å². The molecule has 1 fully saturated rings. The summed E-state index contributed by atoms with van der Waals surface area (Å²) in [6, 6.07) is 5.75. The van der Waals surface area contributed by atoms with E-state index in [0.717, 1.165) is 18.5 Å². The Morgan fingerprint density at radius 3 is 2.65 bits per heavy atom. The Hall–Kier alpha value is -1.91. The van der Waals surface area contributed by atoms with Crippen molar-refractivity contribution in [1.82, 2.24) is 10.3 Å². The molecule has 0 bridgehead atoms. The molecule has 0 radical (unpaired) electrons. The average Bonchev–Trinajstić information content (AvgIpc) is 2.99. The minimum atomic E-state index is -0.886. The van der Waals surface area contributed by atoms with Gasteiger partial charge in [0.1, 0.15) is 0 Å². The molecule has 1 amide bonds. The molecule has 1 saturated carbocycles. The van der Waals surface area contributed by atoms with Gasteiger partial charge in [-0.05, 0) is 30.4 Å². The van der Waals surface area contributed by atoms with Gasteiger partial charge in [-0.2, -0.15) is 0 Å². The number of carboxylic acids is 1. The highest BCUT2D eigenvalue weighted by atomic mass is 16.4. The van der Waals surface area contributed by atoms with Gasteiger partial charge in [0.15, 0.2) is 0 Å². The lowest BCUT2D eigenvalue weighted by Crippen LogP contribution is -2.28. The summed E-state index contributed by atoms with van der Waals surface area (Å²) in [6.07, 6.45) is 3.35. The van der Waals surface area contributed by atoms with E-state index >= 15 is 0 Å². The first-order chi connectivity index (χ1) is 9.44. The molecule has 0 aromatic carbocycles. The molecule has 0 unspecified atom stereocenters.